The number of hydrogen-bond donors (Lipinski definition) is 0. The summed E-state index contributed by atoms with van der Waals surface area (Å²) in [6.07, 6.45) is 0.658. The van der Waals surface area contributed by atoms with Gasteiger partial charge in [0.15, 0.2) is 5.92 Å². The van der Waals surface area contributed by atoms with Crippen LogP contribution in [-0.4, -0.2) is 44.5 Å². The minimum atomic E-state index is -3.17. The summed E-state index contributed by atoms with van der Waals surface area (Å²) >= 11 is 0. The molecule has 0 amide bonds. The number of carbonyl (C=O) groups is 2. The molecule has 8 heteroatoms. The van der Waals surface area contributed by atoms with E-state index in [1.807, 2.05) is 0 Å². The third-order valence-electron chi connectivity index (χ3n) is 2.72. The maximum atomic E-state index is 12.3. The number of hydrogen-bond acceptors (Lipinski definition) is 7. The first-order valence-electron chi connectivity index (χ1n) is 7.65. The lowest BCUT2D eigenvalue weighted by Gasteiger charge is -2.18. The molecule has 22 heavy (non-hydrogen) atoms. The molecule has 0 heterocycles. The molecule has 0 aromatic rings. The molecule has 0 fully saturated rings. The van der Waals surface area contributed by atoms with Crippen LogP contribution in [0.2, 0.25) is 0 Å². The van der Waals surface area contributed by atoms with Crippen molar-refractivity contribution in [1.29, 1.82) is 0 Å². The summed E-state index contributed by atoms with van der Waals surface area (Å²) in [6, 6.07) is 0. The van der Waals surface area contributed by atoms with Crippen LogP contribution in [0.25, 0.3) is 0 Å². The van der Waals surface area contributed by atoms with Crippen molar-refractivity contribution in [2.24, 2.45) is 5.92 Å². The molecule has 0 aliphatic heterocycles. The fourth-order valence-corrected chi connectivity index (χ4v) is 3.56. The largest absolute Gasteiger partial charge is 0.465 e. The second-order valence-corrected chi connectivity index (χ2v) is 6.55. The third kappa shape index (κ3) is 7.92. The van der Waals surface area contributed by atoms with Gasteiger partial charge in [-0.3, -0.25) is 14.2 Å². The predicted octanol–water partition coefficient (Wildman–Crippen LogP) is 2.78. The molecule has 0 radical (unpaired) electrons. The quantitative estimate of drug-likeness (QED) is 0.307. The van der Waals surface area contributed by atoms with Crippen molar-refractivity contribution < 1.29 is 32.7 Å². The van der Waals surface area contributed by atoms with Gasteiger partial charge in [0.25, 0.3) is 0 Å². The van der Waals surface area contributed by atoms with E-state index in [4.69, 9.17) is 18.5 Å². The van der Waals surface area contributed by atoms with E-state index in [1.165, 1.54) is 0 Å². The number of ether oxygens (including phenoxy) is 2. The topological polar surface area (TPSA) is 88.1 Å². The van der Waals surface area contributed by atoms with Crippen LogP contribution in [0.4, 0.5) is 0 Å². The summed E-state index contributed by atoms with van der Waals surface area (Å²) in [6.45, 7) is 7.71. The summed E-state index contributed by atoms with van der Waals surface area (Å²) in [5, 5.41) is 0. The first kappa shape index (κ1) is 21.1. The van der Waals surface area contributed by atoms with E-state index in [-0.39, 0.29) is 39.0 Å². The zero-order chi connectivity index (χ0) is 17.0. The Hall–Kier alpha value is -0.910. The summed E-state index contributed by atoms with van der Waals surface area (Å²) in [5.41, 5.74) is 0. The van der Waals surface area contributed by atoms with Crippen molar-refractivity contribution in [3.8, 4) is 0 Å². The zero-order valence-corrected chi connectivity index (χ0v) is 14.7. The lowest BCUT2D eigenvalue weighted by atomic mass is 10.0. The van der Waals surface area contributed by atoms with Gasteiger partial charge in [-0.15, -0.1) is 0 Å². The normalized spacial score (nSPS) is 11.5. The molecular weight excluding hydrogens is 311 g/mol. The van der Waals surface area contributed by atoms with E-state index >= 15 is 0 Å². The van der Waals surface area contributed by atoms with Crippen LogP contribution in [0.3, 0.4) is 0 Å². The fourth-order valence-electron chi connectivity index (χ4n) is 1.87. The van der Waals surface area contributed by atoms with Gasteiger partial charge in [0.2, 0.25) is 0 Å². The highest BCUT2D eigenvalue weighted by Crippen LogP contribution is 2.48. The van der Waals surface area contributed by atoms with Gasteiger partial charge in [-0.25, -0.2) is 0 Å². The number of esters is 2. The first-order chi connectivity index (χ1) is 10.4. The van der Waals surface area contributed by atoms with Crippen LogP contribution in [0.15, 0.2) is 0 Å². The smallest absolute Gasteiger partial charge is 0.330 e. The molecule has 0 unspecified atom stereocenters. The van der Waals surface area contributed by atoms with E-state index in [9.17, 15) is 14.2 Å². The molecular formula is C14H27O7P. The molecule has 0 saturated heterocycles. The van der Waals surface area contributed by atoms with Crippen LogP contribution in [0, 0.1) is 5.92 Å². The van der Waals surface area contributed by atoms with Gasteiger partial charge in [-0.05, 0) is 40.5 Å². The Morgan fingerprint density at radius 2 is 1.32 bits per heavy atom. The van der Waals surface area contributed by atoms with Crippen LogP contribution in [0.1, 0.15) is 40.5 Å². The Labute approximate surface area is 132 Å². The van der Waals surface area contributed by atoms with E-state index in [0.29, 0.717) is 6.42 Å². The highest BCUT2D eigenvalue weighted by Gasteiger charge is 2.31. The molecule has 0 bridgehead atoms. The summed E-state index contributed by atoms with van der Waals surface area (Å²) in [4.78, 5) is 23.6. The molecule has 0 aromatic carbocycles. The molecule has 0 aliphatic rings. The number of rotatable bonds is 12. The van der Waals surface area contributed by atoms with Gasteiger partial charge < -0.3 is 18.5 Å². The van der Waals surface area contributed by atoms with E-state index in [1.54, 1.807) is 27.7 Å². The molecule has 0 atom stereocenters. The molecule has 7 nitrogen and oxygen atoms in total. The lowest BCUT2D eigenvalue weighted by molar-refractivity contribution is -0.161. The average Bonchev–Trinajstić information content (AvgIpc) is 2.44. The SMILES string of the molecule is CCOC(=O)C(CCCP(=O)(OCC)OCC)C(=O)OCC. The second-order valence-electron chi connectivity index (χ2n) is 4.37. The first-order valence-corrected chi connectivity index (χ1v) is 9.38. The summed E-state index contributed by atoms with van der Waals surface area (Å²) in [7, 11) is -3.17. The van der Waals surface area contributed by atoms with Gasteiger partial charge in [0, 0.05) is 0 Å². The Balaban J connectivity index is 4.64. The fraction of sp³-hybridized carbons (Fsp3) is 0.857. The van der Waals surface area contributed by atoms with Gasteiger partial charge in [-0.1, -0.05) is 0 Å². The second kappa shape index (κ2) is 11.6. The molecule has 0 spiro atoms. The van der Waals surface area contributed by atoms with Crippen molar-refractivity contribution in [3.05, 3.63) is 0 Å². The molecule has 0 aliphatic carbocycles. The maximum Gasteiger partial charge on any atom is 0.330 e. The molecule has 0 rings (SSSR count). The Morgan fingerprint density at radius 1 is 0.864 bits per heavy atom. The van der Waals surface area contributed by atoms with Crippen molar-refractivity contribution >= 4 is 19.5 Å². The van der Waals surface area contributed by atoms with Crippen LogP contribution in [-0.2, 0) is 32.7 Å². The van der Waals surface area contributed by atoms with Gasteiger partial charge in [0.1, 0.15) is 0 Å². The zero-order valence-electron chi connectivity index (χ0n) is 13.8. The molecule has 0 saturated carbocycles. The highest BCUT2D eigenvalue weighted by molar-refractivity contribution is 7.53. The van der Waals surface area contributed by atoms with E-state index in [0.717, 1.165) is 0 Å². The Bertz CT molecular complexity index is 355. The van der Waals surface area contributed by atoms with Crippen molar-refractivity contribution in [1.82, 2.24) is 0 Å². The van der Waals surface area contributed by atoms with Crippen molar-refractivity contribution in [3.63, 3.8) is 0 Å². The standard InChI is InChI=1S/C14H27O7P/c1-5-18-13(15)12(14(16)19-6-2)10-9-11-22(17,20-7-3)21-8-4/h12H,5-11H2,1-4H3. The van der Waals surface area contributed by atoms with E-state index < -0.39 is 25.5 Å². The molecule has 0 aromatic heterocycles. The van der Waals surface area contributed by atoms with Crippen molar-refractivity contribution in [2.75, 3.05) is 32.6 Å². The highest BCUT2D eigenvalue weighted by atomic mass is 31.2. The average molecular weight is 338 g/mol. The van der Waals surface area contributed by atoms with Gasteiger partial charge >= 0.3 is 19.5 Å². The minimum Gasteiger partial charge on any atom is -0.465 e. The monoisotopic (exact) mass is 338 g/mol. The van der Waals surface area contributed by atoms with Crippen LogP contribution < -0.4 is 0 Å². The van der Waals surface area contributed by atoms with Crippen LogP contribution in [0.5, 0.6) is 0 Å². The summed E-state index contributed by atoms with van der Waals surface area (Å²) in [5.74, 6) is -2.25. The molecule has 0 N–H and O–H groups in total. The van der Waals surface area contributed by atoms with Crippen LogP contribution >= 0.6 is 7.60 Å². The minimum absolute atomic E-state index is 0.143. The van der Waals surface area contributed by atoms with E-state index in [2.05, 4.69) is 0 Å². The number of carbonyl (C=O) groups excluding carboxylic acids is 2. The lowest BCUT2D eigenvalue weighted by Crippen LogP contribution is -2.28. The Kier molecular flexibility index (Phi) is 11.1. The van der Waals surface area contributed by atoms with Gasteiger partial charge in [0.05, 0.1) is 32.6 Å². The van der Waals surface area contributed by atoms with Crippen molar-refractivity contribution in [2.45, 2.75) is 40.5 Å². The van der Waals surface area contributed by atoms with Gasteiger partial charge in [-0.2, -0.15) is 0 Å². The Morgan fingerprint density at radius 3 is 1.68 bits per heavy atom. The molecule has 130 valence electrons. The summed E-state index contributed by atoms with van der Waals surface area (Å²) < 4.78 is 32.4. The third-order valence-corrected chi connectivity index (χ3v) is 4.89. The maximum absolute atomic E-state index is 12.3. The predicted molar refractivity (Wildman–Crippen MR) is 81.7 cm³/mol.